The lowest BCUT2D eigenvalue weighted by Gasteiger charge is -2.20. The molecule has 2 heterocycles. The summed E-state index contributed by atoms with van der Waals surface area (Å²) in [7, 11) is 0. The third-order valence-corrected chi connectivity index (χ3v) is 3.43. The van der Waals surface area contributed by atoms with E-state index in [4.69, 9.17) is 4.74 Å². The summed E-state index contributed by atoms with van der Waals surface area (Å²) in [5.41, 5.74) is 0. The number of hydrogen-bond donors (Lipinski definition) is 2. The fourth-order valence-electron chi connectivity index (χ4n) is 2.43. The van der Waals surface area contributed by atoms with Gasteiger partial charge in [-0.25, -0.2) is 0 Å². The Morgan fingerprint density at radius 1 is 1.25 bits per heavy atom. The molecule has 1 atom stereocenters. The molecule has 0 amide bonds. The first-order valence-electron chi connectivity index (χ1n) is 6.70. The van der Waals surface area contributed by atoms with E-state index in [1.165, 1.54) is 45.4 Å². The van der Waals surface area contributed by atoms with Gasteiger partial charge in [-0.2, -0.15) is 0 Å². The molecule has 2 N–H and O–H groups in total. The van der Waals surface area contributed by atoms with Gasteiger partial charge in [0.05, 0.1) is 6.10 Å². The first-order valence-corrected chi connectivity index (χ1v) is 6.70. The molecule has 0 aromatic heterocycles. The van der Waals surface area contributed by atoms with Gasteiger partial charge in [-0.05, 0) is 32.4 Å². The minimum atomic E-state index is 0.478. The Morgan fingerprint density at radius 3 is 3.12 bits per heavy atom. The molecule has 0 radical (unpaired) electrons. The van der Waals surface area contributed by atoms with Crippen molar-refractivity contribution in [2.45, 2.75) is 25.4 Å². The van der Waals surface area contributed by atoms with Crippen LogP contribution in [0.3, 0.4) is 0 Å². The van der Waals surface area contributed by atoms with E-state index in [0.717, 1.165) is 26.2 Å². The second-order valence-electron chi connectivity index (χ2n) is 4.78. The van der Waals surface area contributed by atoms with Crippen LogP contribution in [0.2, 0.25) is 0 Å². The fourth-order valence-corrected chi connectivity index (χ4v) is 2.43. The molecule has 2 rings (SSSR count). The van der Waals surface area contributed by atoms with Crippen molar-refractivity contribution in [2.75, 3.05) is 52.4 Å². The van der Waals surface area contributed by atoms with Gasteiger partial charge in [-0.3, -0.25) is 0 Å². The van der Waals surface area contributed by atoms with Gasteiger partial charge in [0.25, 0.3) is 0 Å². The van der Waals surface area contributed by atoms with Crippen molar-refractivity contribution < 1.29 is 4.74 Å². The maximum absolute atomic E-state index is 5.58. The predicted molar refractivity (Wildman–Crippen MR) is 65.8 cm³/mol. The molecule has 94 valence electrons. The lowest BCUT2D eigenvalue weighted by molar-refractivity contribution is 0.109. The van der Waals surface area contributed by atoms with Crippen LogP contribution in [0.4, 0.5) is 0 Å². The Bertz CT molecular complexity index is 175. The summed E-state index contributed by atoms with van der Waals surface area (Å²) < 4.78 is 5.58. The number of nitrogens with zero attached hydrogens (tertiary/aromatic N) is 1. The summed E-state index contributed by atoms with van der Waals surface area (Å²) in [6, 6.07) is 0. The Labute approximate surface area is 98.7 Å². The first kappa shape index (κ1) is 12.3. The molecule has 2 saturated heterocycles. The maximum atomic E-state index is 5.58. The fraction of sp³-hybridized carbons (Fsp3) is 1.00. The largest absolute Gasteiger partial charge is 0.377 e. The monoisotopic (exact) mass is 227 g/mol. The molecule has 16 heavy (non-hydrogen) atoms. The molecule has 0 spiro atoms. The molecular formula is C12H25N3O. The third-order valence-electron chi connectivity index (χ3n) is 3.43. The summed E-state index contributed by atoms with van der Waals surface area (Å²) in [6.45, 7) is 9.03. The van der Waals surface area contributed by atoms with E-state index in [1.807, 2.05) is 0 Å². The Morgan fingerprint density at radius 2 is 2.25 bits per heavy atom. The number of hydrogen-bond acceptors (Lipinski definition) is 4. The quantitative estimate of drug-likeness (QED) is 0.651. The Balaban J connectivity index is 1.49. The van der Waals surface area contributed by atoms with Gasteiger partial charge < -0.3 is 20.3 Å². The van der Waals surface area contributed by atoms with E-state index in [1.54, 1.807) is 0 Å². The van der Waals surface area contributed by atoms with Gasteiger partial charge in [0.2, 0.25) is 0 Å². The molecule has 2 aliphatic rings. The minimum absolute atomic E-state index is 0.478. The summed E-state index contributed by atoms with van der Waals surface area (Å²) >= 11 is 0. The van der Waals surface area contributed by atoms with Crippen LogP contribution >= 0.6 is 0 Å². The average Bonchev–Trinajstić information content (AvgIpc) is 2.68. The van der Waals surface area contributed by atoms with Crippen molar-refractivity contribution >= 4 is 0 Å². The van der Waals surface area contributed by atoms with Crippen LogP contribution in [-0.4, -0.2) is 63.4 Å². The van der Waals surface area contributed by atoms with E-state index >= 15 is 0 Å². The van der Waals surface area contributed by atoms with E-state index in [2.05, 4.69) is 15.5 Å². The van der Waals surface area contributed by atoms with Crippen LogP contribution in [-0.2, 0) is 4.74 Å². The SMILES string of the molecule is C1COC(CNCCN2CCCNCC2)C1. The van der Waals surface area contributed by atoms with Crippen LogP contribution in [0, 0.1) is 0 Å². The molecule has 2 fully saturated rings. The third kappa shape index (κ3) is 4.37. The van der Waals surface area contributed by atoms with Gasteiger partial charge in [0.1, 0.15) is 0 Å². The second-order valence-corrected chi connectivity index (χ2v) is 4.78. The highest BCUT2D eigenvalue weighted by atomic mass is 16.5. The number of rotatable bonds is 5. The van der Waals surface area contributed by atoms with Gasteiger partial charge in [0.15, 0.2) is 0 Å². The molecule has 0 aromatic rings. The number of nitrogens with one attached hydrogen (secondary N) is 2. The van der Waals surface area contributed by atoms with Crippen LogP contribution in [0.15, 0.2) is 0 Å². The van der Waals surface area contributed by atoms with Gasteiger partial charge >= 0.3 is 0 Å². The van der Waals surface area contributed by atoms with Gasteiger partial charge in [-0.1, -0.05) is 0 Å². The van der Waals surface area contributed by atoms with Crippen molar-refractivity contribution in [3.63, 3.8) is 0 Å². The van der Waals surface area contributed by atoms with Crippen molar-refractivity contribution in [3.05, 3.63) is 0 Å². The second kappa shape index (κ2) is 7.22. The summed E-state index contributed by atoms with van der Waals surface area (Å²) in [5, 5.41) is 6.94. The topological polar surface area (TPSA) is 36.5 Å². The smallest absolute Gasteiger partial charge is 0.0700 e. The van der Waals surface area contributed by atoms with E-state index in [0.29, 0.717) is 6.10 Å². The molecule has 4 nitrogen and oxygen atoms in total. The molecule has 0 bridgehead atoms. The van der Waals surface area contributed by atoms with Crippen molar-refractivity contribution in [2.24, 2.45) is 0 Å². The molecular weight excluding hydrogens is 202 g/mol. The van der Waals surface area contributed by atoms with Crippen molar-refractivity contribution in [1.29, 1.82) is 0 Å². The molecule has 2 aliphatic heterocycles. The Kier molecular flexibility index (Phi) is 5.55. The van der Waals surface area contributed by atoms with Crippen LogP contribution in [0.25, 0.3) is 0 Å². The van der Waals surface area contributed by atoms with Crippen molar-refractivity contribution in [1.82, 2.24) is 15.5 Å². The van der Waals surface area contributed by atoms with Gasteiger partial charge in [-0.15, -0.1) is 0 Å². The molecule has 4 heteroatoms. The predicted octanol–water partition coefficient (Wildman–Crippen LogP) is 0.0503. The van der Waals surface area contributed by atoms with E-state index < -0.39 is 0 Å². The van der Waals surface area contributed by atoms with E-state index in [-0.39, 0.29) is 0 Å². The van der Waals surface area contributed by atoms with E-state index in [9.17, 15) is 0 Å². The Hall–Kier alpha value is -0.160. The molecule has 0 aromatic carbocycles. The van der Waals surface area contributed by atoms with Crippen LogP contribution in [0.1, 0.15) is 19.3 Å². The zero-order chi connectivity index (χ0) is 11.1. The lowest BCUT2D eigenvalue weighted by Crippen LogP contribution is -2.36. The highest BCUT2D eigenvalue weighted by Gasteiger charge is 2.14. The normalized spacial score (nSPS) is 28.1. The molecule has 1 unspecified atom stereocenters. The highest BCUT2D eigenvalue weighted by molar-refractivity contribution is 4.70. The first-order chi connectivity index (χ1) is 7.95. The summed E-state index contributed by atoms with van der Waals surface area (Å²) in [6.07, 6.45) is 4.24. The zero-order valence-electron chi connectivity index (χ0n) is 10.2. The molecule has 0 saturated carbocycles. The lowest BCUT2D eigenvalue weighted by atomic mass is 10.2. The van der Waals surface area contributed by atoms with Crippen LogP contribution in [0.5, 0.6) is 0 Å². The van der Waals surface area contributed by atoms with Crippen molar-refractivity contribution in [3.8, 4) is 0 Å². The number of ether oxygens (including phenoxy) is 1. The average molecular weight is 227 g/mol. The summed E-state index contributed by atoms with van der Waals surface area (Å²) in [4.78, 5) is 2.54. The standard InChI is InChI=1S/C12H25N3O/c1-3-12(16-10-1)11-14-6-9-15-7-2-4-13-5-8-15/h12-14H,1-11H2. The maximum Gasteiger partial charge on any atom is 0.0700 e. The zero-order valence-corrected chi connectivity index (χ0v) is 10.2. The molecule has 0 aliphatic carbocycles. The minimum Gasteiger partial charge on any atom is -0.377 e. The van der Waals surface area contributed by atoms with Crippen LogP contribution < -0.4 is 10.6 Å². The van der Waals surface area contributed by atoms with Gasteiger partial charge in [0, 0.05) is 39.3 Å². The highest BCUT2D eigenvalue weighted by Crippen LogP contribution is 2.10. The summed E-state index contributed by atoms with van der Waals surface area (Å²) in [5.74, 6) is 0.